The molecule has 0 aliphatic heterocycles. The zero-order valence-corrected chi connectivity index (χ0v) is 13.6. The van der Waals surface area contributed by atoms with Crippen molar-refractivity contribution in [2.24, 2.45) is 0 Å². The molecule has 1 unspecified atom stereocenters. The van der Waals surface area contributed by atoms with Crippen LogP contribution in [-0.2, 0) is 9.84 Å². The third kappa shape index (κ3) is 3.64. The fourth-order valence-electron chi connectivity index (χ4n) is 2.31. The van der Waals surface area contributed by atoms with Crippen LogP contribution in [0.4, 0.5) is 0 Å². The van der Waals surface area contributed by atoms with E-state index < -0.39 is 9.84 Å². The van der Waals surface area contributed by atoms with Gasteiger partial charge >= 0.3 is 0 Å². The van der Waals surface area contributed by atoms with Gasteiger partial charge in [0.05, 0.1) is 15.7 Å². The molecule has 2 rings (SSSR count). The first kappa shape index (κ1) is 16.0. The lowest BCUT2D eigenvalue weighted by atomic mass is 10.0. The van der Waals surface area contributed by atoms with E-state index in [1.54, 1.807) is 31.3 Å². The van der Waals surface area contributed by atoms with Crippen LogP contribution in [0.15, 0.2) is 53.4 Å². The Morgan fingerprint density at radius 2 is 1.71 bits per heavy atom. The molecule has 0 saturated heterocycles. The van der Waals surface area contributed by atoms with Crippen LogP contribution >= 0.6 is 11.6 Å². The van der Waals surface area contributed by atoms with Crippen molar-refractivity contribution >= 4 is 21.4 Å². The molecule has 0 fully saturated rings. The number of hydrogen-bond donors (Lipinski definition) is 1. The molecule has 0 saturated carbocycles. The fraction of sp³-hybridized carbons (Fsp3) is 0.250. The van der Waals surface area contributed by atoms with E-state index in [-0.39, 0.29) is 21.7 Å². The Morgan fingerprint density at radius 3 is 2.33 bits per heavy atom. The Morgan fingerprint density at radius 1 is 1.10 bits per heavy atom. The fourth-order valence-corrected chi connectivity index (χ4v) is 4.42. The monoisotopic (exact) mass is 323 g/mol. The molecule has 1 atom stereocenters. The molecule has 0 bridgehead atoms. The summed E-state index contributed by atoms with van der Waals surface area (Å²) in [5, 5.41) is 3.34. The van der Waals surface area contributed by atoms with Gasteiger partial charge in [-0.25, -0.2) is 8.42 Å². The first-order chi connectivity index (χ1) is 9.95. The number of halogens is 1. The highest BCUT2D eigenvalue weighted by atomic mass is 35.5. The standard InChI is InChI=1S/C16H18ClNO2S/c1-12-7-3-4-8-13(12)15(18-2)11-21(19,20)16-10-6-5-9-14(16)17/h3-10,15,18H,11H2,1-2H3. The zero-order valence-electron chi connectivity index (χ0n) is 12.0. The summed E-state index contributed by atoms with van der Waals surface area (Å²) in [4.78, 5) is 0.181. The number of hydrogen-bond acceptors (Lipinski definition) is 3. The molecule has 1 N–H and O–H groups in total. The zero-order chi connectivity index (χ0) is 15.5. The van der Waals surface area contributed by atoms with E-state index >= 15 is 0 Å². The molecule has 2 aromatic rings. The lowest BCUT2D eigenvalue weighted by Crippen LogP contribution is -2.26. The maximum absolute atomic E-state index is 12.6. The van der Waals surface area contributed by atoms with Crippen LogP contribution in [0.3, 0.4) is 0 Å². The predicted octanol–water partition coefficient (Wildman–Crippen LogP) is 3.38. The summed E-state index contributed by atoms with van der Waals surface area (Å²) in [6.07, 6.45) is 0. The summed E-state index contributed by atoms with van der Waals surface area (Å²) in [6.45, 7) is 1.97. The van der Waals surface area contributed by atoms with Gasteiger partial charge in [0.15, 0.2) is 9.84 Å². The molecule has 21 heavy (non-hydrogen) atoms. The van der Waals surface area contributed by atoms with Gasteiger partial charge in [-0.3, -0.25) is 0 Å². The molecule has 2 aromatic carbocycles. The quantitative estimate of drug-likeness (QED) is 0.917. The molecule has 5 heteroatoms. The molecular weight excluding hydrogens is 306 g/mol. The smallest absolute Gasteiger partial charge is 0.181 e. The van der Waals surface area contributed by atoms with Gasteiger partial charge in [0, 0.05) is 6.04 Å². The van der Waals surface area contributed by atoms with Gasteiger partial charge in [-0.1, -0.05) is 48.0 Å². The highest BCUT2D eigenvalue weighted by Crippen LogP contribution is 2.26. The second kappa shape index (κ2) is 6.60. The van der Waals surface area contributed by atoms with E-state index in [9.17, 15) is 8.42 Å². The Kier molecular flexibility index (Phi) is 5.04. The van der Waals surface area contributed by atoms with Gasteiger partial charge in [0.2, 0.25) is 0 Å². The third-order valence-corrected chi connectivity index (χ3v) is 5.71. The first-order valence-electron chi connectivity index (χ1n) is 6.66. The Hall–Kier alpha value is -1.36. The van der Waals surface area contributed by atoms with E-state index in [1.165, 1.54) is 0 Å². The minimum Gasteiger partial charge on any atom is -0.312 e. The molecule has 0 aromatic heterocycles. The maximum Gasteiger partial charge on any atom is 0.181 e. The number of sulfone groups is 1. The van der Waals surface area contributed by atoms with Crippen molar-refractivity contribution < 1.29 is 8.42 Å². The number of benzene rings is 2. The van der Waals surface area contributed by atoms with Crippen LogP contribution in [0.1, 0.15) is 17.2 Å². The van der Waals surface area contributed by atoms with Crippen molar-refractivity contribution in [2.45, 2.75) is 17.9 Å². The average molecular weight is 324 g/mol. The van der Waals surface area contributed by atoms with Crippen molar-refractivity contribution in [3.05, 3.63) is 64.7 Å². The van der Waals surface area contributed by atoms with E-state index in [1.807, 2.05) is 31.2 Å². The van der Waals surface area contributed by atoms with Gasteiger partial charge in [-0.15, -0.1) is 0 Å². The van der Waals surface area contributed by atoms with E-state index in [0.29, 0.717) is 0 Å². The Bertz CT molecular complexity index is 729. The van der Waals surface area contributed by atoms with Gasteiger partial charge < -0.3 is 5.32 Å². The average Bonchev–Trinajstić information content (AvgIpc) is 2.46. The SMILES string of the molecule is CNC(CS(=O)(=O)c1ccccc1Cl)c1ccccc1C. The summed E-state index contributed by atoms with van der Waals surface area (Å²) in [7, 11) is -1.70. The maximum atomic E-state index is 12.6. The Labute approximate surface area is 130 Å². The molecule has 0 aliphatic carbocycles. The first-order valence-corrected chi connectivity index (χ1v) is 8.69. The van der Waals surface area contributed by atoms with Crippen molar-refractivity contribution in [2.75, 3.05) is 12.8 Å². The molecule has 0 heterocycles. The minimum atomic E-state index is -3.46. The molecule has 0 radical (unpaired) electrons. The molecular formula is C16H18ClNO2S. The number of aryl methyl sites for hydroxylation is 1. The second-order valence-electron chi connectivity index (χ2n) is 4.91. The lowest BCUT2D eigenvalue weighted by molar-refractivity contribution is 0.573. The molecule has 0 amide bonds. The second-order valence-corrected chi connectivity index (χ2v) is 7.32. The highest BCUT2D eigenvalue weighted by molar-refractivity contribution is 7.91. The van der Waals surface area contributed by atoms with E-state index in [4.69, 9.17) is 11.6 Å². The summed E-state index contributed by atoms with van der Waals surface area (Å²) >= 11 is 6.01. The van der Waals surface area contributed by atoms with Gasteiger partial charge in [0.1, 0.15) is 0 Å². The lowest BCUT2D eigenvalue weighted by Gasteiger charge is -2.19. The molecule has 3 nitrogen and oxygen atoms in total. The van der Waals surface area contributed by atoms with Crippen LogP contribution < -0.4 is 5.32 Å². The van der Waals surface area contributed by atoms with Crippen molar-refractivity contribution in [3.8, 4) is 0 Å². The van der Waals surface area contributed by atoms with Gasteiger partial charge in [-0.2, -0.15) is 0 Å². The highest BCUT2D eigenvalue weighted by Gasteiger charge is 2.24. The van der Waals surface area contributed by atoms with Crippen LogP contribution in [0.25, 0.3) is 0 Å². The van der Waals surface area contributed by atoms with Crippen molar-refractivity contribution in [3.63, 3.8) is 0 Å². The predicted molar refractivity (Wildman–Crippen MR) is 86.5 cm³/mol. The number of rotatable bonds is 5. The van der Waals surface area contributed by atoms with Gasteiger partial charge in [0.25, 0.3) is 0 Å². The van der Waals surface area contributed by atoms with E-state index in [0.717, 1.165) is 11.1 Å². The van der Waals surface area contributed by atoms with Crippen molar-refractivity contribution in [1.82, 2.24) is 5.32 Å². The minimum absolute atomic E-state index is 0.0297. The Balaban J connectivity index is 2.35. The summed E-state index contributed by atoms with van der Waals surface area (Å²) in [5.41, 5.74) is 2.04. The molecule has 0 aliphatic rings. The normalized spacial score (nSPS) is 13.1. The summed E-state index contributed by atoms with van der Waals surface area (Å²) in [6, 6.07) is 14.0. The summed E-state index contributed by atoms with van der Waals surface area (Å²) in [5.74, 6) is -0.0297. The van der Waals surface area contributed by atoms with E-state index in [2.05, 4.69) is 5.32 Å². The third-order valence-electron chi connectivity index (χ3n) is 3.47. The van der Waals surface area contributed by atoms with Crippen molar-refractivity contribution in [1.29, 1.82) is 0 Å². The van der Waals surface area contributed by atoms with Crippen LogP contribution in [0, 0.1) is 6.92 Å². The van der Waals surface area contributed by atoms with Gasteiger partial charge in [-0.05, 0) is 37.2 Å². The topological polar surface area (TPSA) is 46.2 Å². The largest absolute Gasteiger partial charge is 0.312 e. The molecule has 0 spiro atoms. The molecule has 112 valence electrons. The van der Waals surface area contributed by atoms with Crippen LogP contribution in [0.5, 0.6) is 0 Å². The number of nitrogens with one attached hydrogen (secondary N) is 1. The van der Waals surface area contributed by atoms with Crippen LogP contribution in [-0.4, -0.2) is 21.2 Å². The van der Waals surface area contributed by atoms with Crippen LogP contribution in [0.2, 0.25) is 5.02 Å². The summed E-state index contributed by atoms with van der Waals surface area (Å²) < 4.78 is 25.2.